The maximum atomic E-state index is 6.99. The predicted molar refractivity (Wildman–Crippen MR) is 139 cm³/mol. The molecule has 0 bridgehead atoms. The monoisotopic (exact) mass is 536 g/mol. The van der Waals surface area contributed by atoms with Crippen molar-refractivity contribution in [1.29, 1.82) is 0 Å². The predicted octanol–water partition coefficient (Wildman–Crippen LogP) is 3.92. The first-order valence-corrected chi connectivity index (χ1v) is 21.9. The van der Waals surface area contributed by atoms with Crippen LogP contribution in [0.25, 0.3) is 0 Å². The maximum Gasteiger partial charge on any atom is 0.311 e. The Bertz CT molecular complexity index is 561. The van der Waals surface area contributed by atoms with Crippen LogP contribution >= 0.6 is 0 Å². The lowest BCUT2D eigenvalue weighted by Crippen LogP contribution is -2.53. The molecule has 0 aliphatic carbocycles. The summed E-state index contributed by atoms with van der Waals surface area (Å²) in [5.74, 6) is 0. The van der Waals surface area contributed by atoms with E-state index < -0.39 is 25.2 Å². The molecule has 3 fully saturated rings. The molecule has 0 aromatic rings. The van der Waals surface area contributed by atoms with Crippen LogP contribution in [-0.4, -0.2) is 103 Å². The molecule has 0 spiro atoms. The van der Waals surface area contributed by atoms with Crippen LogP contribution in [0.15, 0.2) is 0 Å². The smallest absolute Gasteiger partial charge is 0.311 e. The van der Waals surface area contributed by atoms with Crippen molar-refractivity contribution in [1.82, 2.24) is 0 Å². The highest BCUT2D eigenvalue weighted by Gasteiger charge is 2.41. The molecular formula is C23H48O8Si3. The van der Waals surface area contributed by atoms with E-state index in [0.717, 1.165) is 96.9 Å². The number of hydrogen-bond donors (Lipinski definition) is 0. The fourth-order valence-electron chi connectivity index (χ4n) is 4.39. The Hall–Kier alpha value is 0.331. The van der Waals surface area contributed by atoms with Crippen LogP contribution < -0.4 is 0 Å². The molecule has 0 radical (unpaired) electrons. The summed E-state index contributed by atoms with van der Waals surface area (Å²) < 4.78 is 46.8. The molecule has 0 N–H and O–H groups in total. The summed E-state index contributed by atoms with van der Waals surface area (Å²) in [6, 6.07) is 3.26. The molecule has 3 aliphatic rings. The molecular weight excluding hydrogens is 489 g/mol. The topological polar surface area (TPSA) is 83.7 Å². The Morgan fingerprint density at radius 3 is 1.35 bits per heavy atom. The molecule has 3 rings (SSSR count). The lowest BCUT2D eigenvalue weighted by atomic mass is 10.5. The number of rotatable bonds is 22. The van der Waals surface area contributed by atoms with Gasteiger partial charge in [0.25, 0.3) is 0 Å². The minimum Gasteiger partial charge on any atom is -0.437 e. The molecule has 200 valence electrons. The van der Waals surface area contributed by atoms with Crippen molar-refractivity contribution in [2.24, 2.45) is 0 Å². The van der Waals surface area contributed by atoms with Crippen LogP contribution in [0, 0.1) is 0 Å². The summed E-state index contributed by atoms with van der Waals surface area (Å²) >= 11 is 0. The van der Waals surface area contributed by atoms with Crippen molar-refractivity contribution in [2.45, 2.75) is 88.4 Å². The molecule has 0 amide bonds. The third-order valence-corrected chi connectivity index (χ3v) is 18.7. The Labute approximate surface area is 209 Å². The highest BCUT2D eigenvalue weighted by Crippen LogP contribution is 2.29. The Morgan fingerprint density at radius 1 is 0.588 bits per heavy atom. The van der Waals surface area contributed by atoms with Gasteiger partial charge in [-0.25, -0.2) is 0 Å². The second kappa shape index (κ2) is 13.8. The van der Waals surface area contributed by atoms with Crippen LogP contribution in [0.5, 0.6) is 0 Å². The zero-order valence-corrected chi connectivity index (χ0v) is 25.1. The van der Waals surface area contributed by atoms with E-state index in [1.54, 1.807) is 0 Å². The van der Waals surface area contributed by atoms with Crippen molar-refractivity contribution in [3.63, 3.8) is 0 Å². The average molecular weight is 537 g/mol. The van der Waals surface area contributed by atoms with E-state index in [0.29, 0.717) is 18.3 Å². The molecule has 3 aliphatic heterocycles. The fourth-order valence-corrected chi connectivity index (χ4v) is 19.3. The second-order valence-corrected chi connectivity index (χ2v) is 23.6. The van der Waals surface area contributed by atoms with Gasteiger partial charge in [-0.15, -0.1) is 0 Å². The van der Waals surface area contributed by atoms with Crippen LogP contribution in [0.4, 0.5) is 0 Å². The number of epoxide rings is 3. The zero-order chi connectivity index (χ0) is 24.5. The van der Waals surface area contributed by atoms with Crippen molar-refractivity contribution >= 4 is 25.2 Å². The van der Waals surface area contributed by atoms with Crippen LogP contribution in [0.2, 0.25) is 50.9 Å². The van der Waals surface area contributed by atoms with E-state index in [2.05, 4.69) is 32.7 Å². The van der Waals surface area contributed by atoms with Gasteiger partial charge >= 0.3 is 8.56 Å². The van der Waals surface area contributed by atoms with Crippen molar-refractivity contribution in [3.05, 3.63) is 0 Å². The third kappa shape index (κ3) is 13.6. The molecule has 34 heavy (non-hydrogen) atoms. The summed E-state index contributed by atoms with van der Waals surface area (Å²) in [5.41, 5.74) is 0. The van der Waals surface area contributed by atoms with E-state index in [9.17, 15) is 0 Å². The highest BCUT2D eigenvalue weighted by molar-refractivity contribution is 6.88. The first-order valence-electron chi connectivity index (χ1n) is 13.1. The molecule has 0 aromatic heterocycles. The molecule has 3 heterocycles. The lowest BCUT2D eigenvalue weighted by Gasteiger charge is -2.40. The van der Waals surface area contributed by atoms with Gasteiger partial charge in [-0.3, -0.25) is 0 Å². The summed E-state index contributed by atoms with van der Waals surface area (Å²) in [6.07, 6.45) is 4.08. The summed E-state index contributed by atoms with van der Waals surface area (Å²) in [7, 11) is -6.05. The minimum absolute atomic E-state index is 0.326. The molecule has 3 unspecified atom stereocenters. The van der Waals surface area contributed by atoms with E-state index in [-0.39, 0.29) is 0 Å². The minimum atomic E-state index is -2.26. The number of hydrogen-bond acceptors (Lipinski definition) is 8. The SMILES string of the molecule is C[Si](C)(CCCOCC1CO1)O[Si](C)(C)O[Si](C)(CCCOCC1CO1)CCCOCC1CO1. The van der Waals surface area contributed by atoms with E-state index >= 15 is 0 Å². The van der Waals surface area contributed by atoms with Gasteiger partial charge in [0.15, 0.2) is 16.6 Å². The first-order chi connectivity index (χ1) is 16.1. The van der Waals surface area contributed by atoms with Gasteiger partial charge < -0.3 is 36.7 Å². The molecule has 11 heteroatoms. The quantitative estimate of drug-likeness (QED) is 0.117. The van der Waals surface area contributed by atoms with Gasteiger partial charge in [0.2, 0.25) is 0 Å². The zero-order valence-electron chi connectivity index (χ0n) is 22.1. The lowest BCUT2D eigenvalue weighted by molar-refractivity contribution is 0.115. The first kappa shape index (κ1) is 28.9. The van der Waals surface area contributed by atoms with Gasteiger partial charge in [0.05, 0.1) is 39.6 Å². The molecule has 0 saturated carbocycles. The summed E-state index contributed by atoms with van der Waals surface area (Å²) in [5, 5.41) is 0. The summed E-state index contributed by atoms with van der Waals surface area (Å²) in [4.78, 5) is 0. The average Bonchev–Trinajstić information content (AvgIpc) is 3.58. The summed E-state index contributed by atoms with van der Waals surface area (Å²) in [6.45, 7) is 18.5. The molecule has 0 aromatic carbocycles. The molecule has 3 atom stereocenters. The Balaban J connectivity index is 1.39. The largest absolute Gasteiger partial charge is 0.437 e. The van der Waals surface area contributed by atoms with Gasteiger partial charge in [-0.2, -0.15) is 0 Å². The molecule has 8 nitrogen and oxygen atoms in total. The van der Waals surface area contributed by atoms with Crippen molar-refractivity contribution in [3.8, 4) is 0 Å². The van der Waals surface area contributed by atoms with E-state index in [4.69, 9.17) is 36.7 Å². The van der Waals surface area contributed by atoms with Gasteiger partial charge in [0, 0.05) is 19.8 Å². The van der Waals surface area contributed by atoms with E-state index in [1.165, 1.54) is 0 Å². The highest BCUT2D eigenvalue weighted by atomic mass is 28.5. The van der Waals surface area contributed by atoms with Gasteiger partial charge in [0.1, 0.15) is 18.3 Å². The maximum absolute atomic E-state index is 6.99. The van der Waals surface area contributed by atoms with Crippen LogP contribution in [0.1, 0.15) is 19.3 Å². The van der Waals surface area contributed by atoms with E-state index in [1.807, 2.05) is 0 Å². The van der Waals surface area contributed by atoms with Crippen LogP contribution in [0.3, 0.4) is 0 Å². The van der Waals surface area contributed by atoms with Gasteiger partial charge in [-0.05, 0) is 70.1 Å². The second-order valence-electron chi connectivity index (χ2n) is 11.2. The Morgan fingerprint density at radius 2 is 0.971 bits per heavy atom. The van der Waals surface area contributed by atoms with Gasteiger partial charge in [-0.1, -0.05) is 0 Å². The van der Waals surface area contributed by atoms with Crippen molar-refractivity contribution < 1.29 is 36.7 Å². The fraction of sp³-hybridized carbons (Fsp3) is 1.00. The third-order valence-electron chi connectivity index (χ3n) is 6.19. The standard InChI is InChI=1S/C23H48O8Si3/c1-32(2,12-6-9-24-15-21-18-27-21)30-33(3,4)31-34(5,13-7-10-25-16-22-19-28-22)14-8-11-26-17-23-20-29-23/h21-23H,6-20H2,1-5H3. The van der Waals surface area contributed by atoms with Crippen molar-refractivity contribution in [2.75, 3.05) is 59.5 Å². The Kier molecular flexibility index (Phi) is 11.7. The normalized spacial score (nSPS) is 25.9. The molecule has 3 saturated heterocycles. The van der Waals surface area contributed by atoms with Crippen LogP contribution in [-0.2, 0) is 36.7 Å². The number of ether oxygens (including phenoxy) is 6.